The van der Waals surface area contributed by atoms with Gasteiger partial charge in [-0.1, -0.05) is 24.3 Å². The second kappa shape index (κ2) is 6.82. The number of carbonyl (C=O) groups excluding carboxylic acids is 1. The van der Waals surface area contributed by atoms with Crippen molar-refractivity contribution < 1.29 is 13.9 Å². The van der Waals surface area contributed by atoms with Crippen LogP contribution in [0, 0.1) is 5.82 Å². The van der Waals surface area contributed by atoms with E-state index in [2.05, 4.69) is 0 Å². The summed E-state index contributed by atoms with van der Waals surface area (Å²) in [5.74, 6) is 0.568. The third-order valence-electron chi connectivity index (χ3n) is 4.30. The monoisotopic (exact) mass is 313 g/mol. The van der Waals surface area contributed by atoms with E-state index < -0.39 is 0 Å². The second-order valence-corrected chi connectivity index (χ2v) is 5.83. The predicted octanol–water partition coefficient (Wildman–Crippen LogP) is 3.74. The van der Waals surface area contributed by atoms with Crippen LogP contribution < -0.4 is 4.74 Å². The fraction of sp³-hybridized carbons (Fsp3) is 0.316. The van der Waals surface area contributed by atoms with Gasteiger partial charge in [-0.25, -0.2) is 4.39 Å². The van der Waals surface area contributed by atoms with Crippen molar-refractivity contribution in [2.24, 2.45) is 0 Å². The summed E-state index contributed by atoms with van der Waals surface area (Å²) >= 11 is 0. The SMILES string of the molecule is COc1cccc(CC(=O)N2CCC[C@@H]2c2cccc(F)c2)c1. The van der Waals surface area contributed by atoms with Gasteiger partial charge in [-0.3, -0.25) is 4.79 Å². The molecule has 1 saturated heterocycles. The first kappa shape index (κ1) is 15.5. The molecule has 0 aromatic heterocycles. The summed E-state index contributed by atoms with van der Waals surface area (Å²) in [7, 11) is 1.61. The van der Waals surface area contributed by atoms with Crippen LogP contribution in [0.4, 0.5) is 4.39 Å². The van der Waals surface area contributed by atoms with E-state index in [4.69, 9.17) is 4.74 Å². The fourth-order valence-corrected chi connectivity index (χ4v) is 3.18. The van der Waals surface area contributed by atoms with E-state index in [1.165, 1.54) is 12.1 Å². The van der Waals surface area contributed by atoms with E-state index in [0.29, 0.717) is 6.42 Å². The van der Waals surface area contributed by atoms with Crippen molar-refractivity contribution in [1.29, 1.82) is 0 Å². The smallest absolute Gasteiger partial charge is 0.227 e. The second-order valence-electron chi connectivity index (χ2n) is 5.83. The number of likely N-dealkylation sites (tertiary alicyclic amines) is 1. The van der Waals surface area contributed by atoms with Gasteiger partial charge in [-0.15, -0.1) is 0 Å². The fourth-order valence-electron chi connectivity index (χ4n) is 3.18. The number of amides is 1. The molecular weight excluding hydrogens is 293 g/mol. The van der Waals surface area contributed by atoms with Crippen molar-refractivity contribution in [3.05, 3.63) is 65.5 Å². The molecule has 1 aliphatic rings. The highest BCUT2D eigenvalue weighted by molar-refractivity contribution is 5.79. The van der Waals surface area contributed by atoms with E-state index in [1.54, 1.807) is 13.2 Å². The maximum Gasteiger partial charge on any atom is 0.227 e. The Labute approximate surface area is 135 Å². The Hall–Kier alpha value is -2.36. The van der Waals surface area contributed by atoms with Crippen LogP contribution in [0.25, 0.3) is 0 Å². The molecule has 23 heavy (non-hydrogen) atoms. The topological polar surface area (TPSA) is 29.5 Å². The Kier molecular flexibility index (Phi) is 4.60. The molecular formula is C19H20FNO2. The van der Waals surface area contributed by atoms with Crippen LogP contribution in [0.5, 0.6) is 5.75 Å². The average Bonchev–Trinajstić information content (AvgIpc) is 3.05. The highest BCUT2D eigenvalue weighted by Crippen LogP contribution is 2.32. The van der Waals surface area contributed by atoms with E-state index in [-0.39, 0.29) is 17.8 Å². The minimum atomic E-state index is -0.255. The number of nitrogens with zero attached hydrogens (tertiary/aromatic N) is 1. The maximum absolute atomic E-state index is 13.5. The normalized spacial score (nSPS) is 17.3. The third kappa shape index (κ3) is 3.52. The Bertz CT molecular complexity index is 701. The molecule has 2 aromatic carbocycles. The first-order valence-electron chi connectivity index (χ1n) is 7.85. The maximum atomic E-state index is 13.5. The van der Waals surface area contributed by atoms with Gasteiger partial charge in [-0.2, -0.15) is 0 Å². The third-order valence-corrected chi connectivity index (χ3v) is 4.30. The van der Waals surface area contributed by atoms with Gasteiger partial charge < -0.3 is 9.64 Å². The molecule has 3 nitrogen and oxygen atoms in total. The Balaban J connectivity index is 1.75. The summed E-state index contributed by atoms with van der Waals surface area (Å²) in [5, 5.41) is 0. The molecule has 0 spiro atoms. The standard InChI is InChI=1S/C19H20FNO2/c1-23-17-8-2-5-14(11-17)12-19(22)21-10-4-9-18(21)15-6-3-7-16(20)13-15/h2-3,5-8,11,13,18H,4,9-10,12H2,1H3/t18-/m1/s1. The van der Waals surface area contributed by atoms with E-state index in [1.807, 2.05) is 35.2 Å². The molecule has 1 amide bonds. The predicted molar refractivity (Wildman–Crippen MR) is 86.8 cm³/mol. The molecule has 4 heteroatoms. The number of ether oxygens (including phenoxy) is 1. The van der Waals surface area contributed by atoms with E-state index >= 15 is 0 Å². The Morgan fingerprint density at radius 3 is 2.87 bits per heavy atom. The minimum Gasteiger partial charge on any atom is -0.497 e. The number of rotatable bonds is 4. The summed E-state index contributed by atoms with van der Waals surface area (Å²) in [4.78, 5) is 14.5. The van der Waals surface area contributed by atoms with E-state index in [0.717, 1.165) is 36.3 Å². The number of halogens is 1. The van der Waals surface area contributed by atoms with Gasteiger partial charge in [0.15, 0.2) is 0 Å². The van der Waals surface area contributed by atoms with Gasteiger partial charge in [-0.05, 0) is 48.2 Å². The van der Waals surface area contributed by atoms with Crippen LogP contribution in [0.2, 0.25) is 0 Å². The van der Waals surface area contributed by atoms with Crippen molar-refractivity contribution in [3.63, 3.8) is 0 Å². The van der Waals surface area contributed by atoms with Crippen LogP contribution in [-0.4, -0.2) is 24.5 Å². The van der Waals surface area contributed by atoms with Crippen LogP contribution in [0.15, 0.2) is 48.5 Å². The number of methoxy groups -OCH3 is 1. The van der Waals surface area contributed by atoms with Crippen molar-refractivity contribution in [2.75, 3.05) is 13.7 Å². The van der Waals surface area contributed by atoms with Crippen LogP contribution in [0.1, 0.15) is 30.0 Å². The first-order chi connectivity index (χ1) is 11.2. The molecule has 0 aliphatic carbocycles. The number of carbonyl (C=O) groups is 1. The summed E-state index contributed by atoms with van der Waals surface area (Å²) < 4.78 is 18.7. The molecule has 0 bridgehead atoms. The quantitative estimate of drug-likeness (QED) is 0.860. The summed E-state index contributed by atoms with van der Waals surface area (Å²) in [5.41, 5.74) is 1.81. The summed E-state index contributed by atoms with van der Waals surface area (Å²) in [6, 6.07) is 14.1. The van der Waals surface area contributed by atoms with Crippen molar-refractivity contribution >= 4 is 5.91 Å². The molecule has 0 N–H and O–H groups in total. The van der Waals surface area contributed by atoms with Crippen molar-refractivity contribution in [1.82, 2.24) is 4.90 Å². The molecule has 2 aromatic rings. The number of benzene rings is 2. The lowest BCUT2D eigenvalue weighted by Crippen LogP contribution is -2.31. The van der Waals surface area contributed by atoms with E-state index in [9.17, 15) is 9.18 Å². The highest BCUT2D eigenvalue weighted by atomic mass is 19.1. The van der Waals surface area contributed by atoms with Gasteiger partial charge in [0.05, 0.1) is 19.6 Å². The largest absolute Gasteiger partial charge is 0.497 e. The summed E-state index contributed by atoms with van der Waals surface area (Å²) in [6.45, 7) is 0.726. The lowest BCUT2D eigenvalue weighted by molar-refractivity contribution is -0.131. The molecule has 0 saturated carbocycles. The molecule has 0 unspecified atom stereocenters. The molecule has 1 heterocycles. The lowest BCUT2D eigenvalue weighted by atomic mass is 10.0. The van der Waals surface area contributed by atoms with Gasteiger partial charge in [0.1, 0.15) is 11.6 Å². The minimum absolute atomic E-state index is 0.0243. The molecule has 3 rings (SSSR count). The van der Waals surface area contributed by atoms with Crippen molar-refractivity contribution in [3.8, 4) is 5.75 Å². The summed E-state index contributed by atoms with van der Waals surface area (Å²) in [6.07, 6.45) is 2.17. The van der Waals surface area contributed by atoms with Crippen LogP contribution in [0.3, 0.4) is 0 Å². The van der Waals surface area contributed by atoms with Gasteiger partial charge in [0.2, 0.25) is 5.91 Å². The van der Waals surface area contributed by atoms with Crippen molar-refractivity contribution in [2.45, 2.75) is 25.3 Å². The van der Waals surface area contributed by atoms with Gasteiger partial charge in [0.25, 0.3) is 0 Å². The van der Waals surface area contributed by atoms with Crippen LogP contribution in [-0.2, 0) is 11.2 Å². The lowest BCUT2D eigenvalue weighted by Gasteiger charge is -2.25. The Morgan fingerprint density at radius 1 is 1.26 bits per heavy atom. The molecule has 1 fully saturated rings. The number of hydrogen-bond donors (Lipinski definition) is 0. The Morgan fingerprint density at radius 2 is 2.09 bits per heavy atom. The van der Waals surface area contributed by atoms with Crippen LogP contribution >= 0.6 is 0 Å². The van der Waals surface area contributed by atoms with Gasteiger partial charge in [0, 0.05) is 6.54 Å². The highest BCUT2D eigenvalue weighted by Gasteiger charge is 2.29. The zero-order chi connectivity index (χ0) is 16.2. The molecule has 1 aliphatic heterocycles. The first-order valence-corrected chi connectivity index (χ1v) is 7.85. The average molecular weight is 313 g/mol. The zero-order valence-electron chi connectivity index (χ0n) is 13.2. The molecule has 120 valence electrons. The zero-order valence-corrected chi connectivity index (χ0v) is 13.2. The van der Waals surface area contributed by atoms with Gasteiger partial charge >= 0.3 is 0 Å². The molecule has 1 atom stereocenters. The molecule has 0 radical (unpaired) electrons. The number of hydrogen-bond acceptors (Lipinski definition) is 2.